The maximum atomic E-state index is 13.4. The van der Waals surface area contributed by atoms with Gasteiger partial charge in [0.05, 0.1) is 18.1 Å². The summed E-state index contributed by atoms with van der Waals surface area (Å²) >= 11 is 0. The van der Waals surface area contributed by atoms with Crippen LogP contribution >= 0.6 is 0 Å². The zero-order valence-electron chi connectivity index (χ0n) is 20.5. The highest BCUT2D eigenvalue weighted by atomic mass is 19.1. The molecule has 3 amide bonds. The molecule has 38 heavy (non-hydrogen) atoms. The van der Waals surface area contributed by atoms with Gasteiger partial charge in [-0.1, -0.05) is 30.8 Å². The summed E-state index contributed by atoms with van der Waals surface area (Å²) in [6.07, 6.45) is 4.64. The van der Waals surface area contributed by atoms with Gasteiger partial charge in [-0.15, -0.1) is 0 Å². The van der Waals surface area contributed by atoms with Crippen molar-refractivity contribution in [2.24, 2.45) is 0 Å². The van der Waals surface area contributed by atoms with E-state index in [1.54, 1.807) is 31.2 Å². The molecule has 0 saturated heterocycles. The lowest BCUT2D eigenvalue weighted by Crippen LogP contribution is -2.16. The van der Waals surface area contributed by atoms with Crippen LogP contribution in [0.1, 0.15) is 37.7 Å². The summed E-state index contributed by atoms with van der Waals surface area (Å²) in [5.74, 6) is -1.16. The summed E-state index contributed by atoms with van der Waals surface area (Å²) in [5.41, 5.74) is 3.56. The zero-order chi connectivity index (χ0) is 27.1. The first-order chi connectivity index (χ1) is 18.3. The molecule has 0 radical (unpaired) electrons. The lowest BCUT2D eigenvalue weighted by Gasteiger charge is -2.11. The molecule has 4 rings (SSSR count). The van der Waals surface area contributed by atoms with E-state index in [0.29, 0.717) is 40.4 Å². The molecule has 9 heteroatoms. The Balaban J connectivity index is 1.41. The average Bonchev–Trinajstić information content (AvgIpc) is 2.91. The van der Waals surface area contributed by atoms with E-state index in [1.165, 1.54) is 36.7 Å². The maximum Gasteiger partial charge on any atom is 0.256 e. The third-order valence-corrected chi connectivity index (χ3v) is 5.53. The molecule has 0 aliphatic heterocycles. The van der Waals surface area contributed by atoms with Crippen molar-refractivity contribution in [2.45, 2.75) is 13.3 Å². The highest BCUT2D eigenvalue weighted by molar-refractivity contribution is 6.08. The molecule has 4 aromatic rings. The number of carbonyl (C=O) groups is 3. The van der Waals surface area contributed by atoms with Crippen LogP contribution < -0.4 is 16.0 Å². The van der Waals surface area contributed by atoms with E-state index in [1.807, 2.05) is 18.2 Å². The summed E-state index contributed by atoms with van der Waals surface area (Å²) < 4.78 is 13.4. The predicted octanol–water partition coefficient (Wildman–Crippen LogP) is 5.14. The van der Waals surface area contributed by atoms with E-state index in [-0.39, 0.29) is 11.5 Å². The molecular weight excluding hydrogens is 485 g/mol. The second kappa shape index (κ2) is 11.7. The van der Waals surface area contributed by atoms with Crippen LogP contribution in [0, 0.1) is 12.7 Å². The summed E-state index contributed by atoms with van der Waals surface area (Å²) in [7, 11) is 0. The molecule has 3 N–H and O–H groups in total. The topological polar surface area (TPSA) is 113 Å². The van der Waals surface area contributed by atoms with Crippen molar-refractivity contribution in [1.29, 1.82) is 0 Å². The molecule has 0 spiro atoms. The molecule has 0 bridgehead atoms. The molecule has 1 aromatic heterocycles. The standard InChI is InChI=1S/C29H24FN5O3/c1-3-27(36)33-22-9-4-6-19(12-22)13-26-31-16-24(17-32-26)35-29(38)25-15-23(11-10-18(25)2)34-28(37)20-7-5-8-21(30)14-20/h3-12,14-17H,1,13H2,2H3,(H,33,36)(H,34,37)(H,35,38). The van der Waals surface area contributed by atoms with Crippen LogP contribution in [0.3, 0.4) is 0 Å². The van der Waals surface area contributed by atoms with Crippen LogP contribution in [0.5, 0.6) is 0 Å². The van der Waals surface area contributed by atoms with Gasteiger partial charge in [-0.2, -0.15) is 0 Å². The molecule has 0 aliphatic rings. The third kappa shape index (κ3) is 6.73. The smallest absolute Gasteiger partial charge is 0.256 e. The fourth-order valence-electron chi connectivity index (χ4n) is 3.62. The number of rotatable bonds is 8. The highest BCUT2D eigenvalue weighted by Crippen LogP contribution is 2.19. The SMILES string of the molecule is C=CC(=O)Nc1cccc(Cc2ncc(NC(=O)c3cc(NC(=O)c4cccc(F)c4)ccc3C)cn2)c1. The molecular formula is C29H24FN5O3. The van der Waals surface area contributed by atoms with Gasteiger partial charge in [-0.05, 0) is 66.6 Å². The fraction of sp³-hybridized carbons (Fsp3) is 0.0690. The first-order valence-corrected chi connectivity index (χ1v) is 11.6. The Bertz CT molecular complexity index is 1520. The van der Waals surface area contributed by atoms with E-state index < -0.39 is 17.6 Å². The number of anilines is 3. The van der Waals surface area contributed by atoms with Gasteiger partial charge in [0.15, 0.2) is 0 Å². The fourth-order valence-corrected chi connectivity index (χ4v) is 3.62. The van der Waals surface area contributed by atoms with Gasteiger partial charge in [0, 0.05) is 28.9 Å². The van der Waals surface area contributed by atoms with Crippen molar-refractivity contribution in [3.63, 3.8) is 0 Å². The van der Waals surface area contributed by atoms with Crippen molar-refractivity contribution in [2.75, 3.05) is 16.0 Å². The minimum atomic E-state index is -0.514. The Kier molecular flexibility index (Phi) is 7.98. The monoisotopic (exact) mass is 509 g/mol. The number of nitrogens with zero attached hydrogens (tertiary/aromatic N) is 2. The van der Waals surface area contributed by atoms with Gasteiger partial charge in [0.1, 0.15) is 11.6 Å². The van der Waals surface area contributed by atoms with E-state index in [0.717, 1.165) is 11.6 Å². The van der Waals surface area contributed by atoms with Gasteiger partial charge < -0.3 is 16.0 Å². The van der Waals surface area contributed by atoms with Gasteiger partial charge in [0.25, 0.3) is 11.8 Å². The lowest BCUT2D eigenvalue weighted by molar-refractivity contribution is -0.111. The quantitative estimate of drug-likeness (QED) is 0.285. The van der Waals surface area contributed by atoms with Crippen molar-refractivity contribution in [3.8, 4) is 0 Å². The van der Waals surface area contributed by atoms with Crippen molar-refractivity contribution < 1.29 is 18.8 Å². The first kappa shape index (κ1) is 25.9. The van der Waals surface area contributed by atoms with Crippen molar-refractivity contribution in [1.82, 2.24) is 9.97 Å². The summed E-state index contributed by atoms with van der Waals surface area (Å²) in [4.78, 5) is 45.6. The molecule has 0 fully saturated rings. The number of nitrogens with one attached hydrogen (secondary N) is 3. The van der Waals surface area contributed by atoms with Gasteiger partial charge in [0.2, 0.25) is 5.91 Å². The third-order valence-electron chi connectivity index (χ3n) is 5.53. The van der Waals surface area contributed by atoms with Crippen LogP contribution in [0.15, 0.2) is 91.8 Å². The Morgan fingerprint density at radius 1 is 0.842 bits per heavy atom. The molecule has 0 saturated carbocycles. The van der Waals surface area contributed by atoms with Gasteiger partial charge in [-0.25, -0.2) is 14.4 Å². The van der Waals surface area contributed by atoms with Gasteiger partial charge in [-0.3, -0.25) is 14.4 Å². The van der Waals surface area contributed by atoms with Crippen molar-refractivity contribution in [3.05, 3.63) is 126 Å². The number of aryl methyl sites for hydroxylation is 1. The number of carbonyl (C=O) groups excluding carboxylic acids is 3. The van der Waals surface area contributed by atoms with Gasteiger partial charge >= 0.3 is 0 Å². The Morgan fingerprint density at radius 2 is 1.55 bits per heavy atom. The molecule has 0 atom stereocenters. The number of hydrogen-bond acceptors (Lipinski definition) is 5. The van der Waals surface area contributed by atoms with Crippen molar-refractivity contribution >= 4 is 34.8 Å². The summed E-state index contributed by atoms with van der Waals surface area (Å²) in [6.45, 7) is 5.22. The summed E-state index contributed by atoms with van der Waals surface area (Å²) in [5, 5.41) is 8.16. The van der Waals surface area contributed by atoms with Crippen LogP contribution in [-0.4, -0.2) is 27.7 Å². The second-order valence-electron chi connectivity index (χ2n) is 8.41. The Hall–Kier alpha value is -5.18. The minimum absolute atomic E-state index is 0.169. The Labute approximate surface area is 218 Å². The van der Waals surface area contributed by atoms with Crippen LogP contribution in [0.4, 0.5) is 21.5 Å². The molecule has 0 aliphatic carbocycles. The van der Waals surface area contributed by atoms with E-state index >= 15 is 0 Å². The normalized spacial score (nSPS) is 10.4. The molecule has 8 nitrogen and oxygen atoms in total. The lowest BCUT2D eigenvalue weighted by atomic mass is 10.1. The predicted molar refractivity (Wildman–Crippen MR) is 144 cm³/mol. The number of amides is 3. The zero-order valence-corrected chi connectivity index (χ0v) is 20.5. The van der Waals surface area contributed by atoms with E-state index in [4.69, 9.17) is 0 Å². The molecule has 0 unspecified atom stereocenters. The highest BCUT2D eigenvalue weighted by Gasteiger charge is 2.13. The average molecular weight is 510 g/mol. The second-order valence-corrected chi connectivity index (χ2v) is 8.41. The van der Waals surface area contributed by atoms with E-state index in [2.05, 4.69) is 32.5 Å². The van der Waals surface area contributed by atoms with Crippen LogP contribution in [-0.2, 0) is 11.2 Å². The number of aromatic nitrogens is 2. The number of benzene rings is 3. The minimum Gasteiger partial charge on any atom is -0.323 e. The summed E-state index contributed by atoms with van der Waals surface area (Å²) in [6, 6.07) is 17.6. The first-order valence-electron chi connectivity index (χ1n) is 11.6. The van der Waals surface area contributed by atoms with Crippen LogP contribution in [0.25, 0.3) is 0 Å². The maximum absolute atomic E-state index is 13.4. The molecule has 190 valence electrons. The number of halogens is 1. The molecule has 1 heterocycles. The molecule has 3 aromatic carbocycles. The number of hydrogen-bond donors (Lipinski definition) is 3. The largest absolute Gasteiger partial charge is 0.323 e. The van der Waals surface area contributed by atoms with Crippen LogP contribution in [0.2, 0.25) is 0 Å². The van der Waals surface area contributed by atoms with E-state index in [9.17, 15) is 18.8 Å². The Morgan fingerprint density at radius 3 is 2.29 bits per heavy atom.